The number of aromatic nitrogens is 4. The highest BCUT2D eigenvalue weighted by atomic mass is 19.3. The predicted octanol–water partition coefficient (Wildman–Crippen LogP) is 3.03. The summed E-state index contributed by atoms with van der Waals surface area (Å²) < 4.78 is 39.7. The minimum absolute atomic E-state index is 0.0116. The van der Waals surface area contributed by atoms with Gasteiger partial charge in [-0.1, -0.05) is 0 Å². The van der Waals surface area contributed by atoms with Gasteiger partial charge in [0.2, 0.25) is 5.95 Å². The molecule has 1 aromatic carbocycles. The third kappa shape index (κ3) is 9.15. The maximum Gasteiger partial charge on any atom is 0.377 e. The molecule has 232 valence electrons. The maximum absolute atomic E-state index is 14.8. The third-order valence-electron chi connectivity index (χ3n) is 5.63. The van der Waals surface area contributed by atoms with Crippen LogP contribution < -0.4 is 21.7 Å². The lowest BCUT2D eigenvalue weighted by molar-refractivity contribution is -0.186. The number of hydrogen-bond donors (Lipinski definition) is 3. The zero-order valence-electron chi connectivity index (χ0n) is 25.1. The Labute approximate surface area is 247 Å². The molecule has 13 nitrogen and oxygen atoms in total. The molecule has 0 spiro atoms. The molecule has 0 radical (unpaired) electrons. The van der Waals surface area contributed by atoms with E-state index in [-0.39, 0.29) is 23.0 Å². The van der Waals surface area contributed by atoms with Gasteiger partial charge in [-0.25, -0.2) is 19.6 Å². The Balaban J connectivity index is 1.75. The normalized spacial score (nSPS) is 12.9. The Hall–Kier alpha value is -4.69. The highest BCUT2D eigenvalue weighted by Gasteiger charge is 2.47. The Morgan fingerprint density at radius 2 is 1.56 bits per heavy atom. The first-order valence-corrected chi connectivity index (χ1v) is 13.2. The van der Waals surface area contributed by atoms with Crippen LogP contribution in [0, 0.1) is 0 Å². The van der Waals surface area contributed by atoms with E-state index in [9.17, 15) is 23.2 Å². The molecule has 3 rings (SSSR count). The maximum atomic E-state index is 14.8. The Bertz CT molecular complexity index is 1500. The first kappa shape index (κ1) is 32.8. The summed E-state index contributed by atoms with van der Waals surface area (Å²) >= 11 is 0. The molecule has 1 amide bonds. The summed E-state index contributed by atoms with van der Waals surface area (Å²) in [4.78, 5) is 56.3. The number of carbonyl (C=O) groups excluding carboxylic acids is 3. The number of nitrogens with zero attached hydrogens (tertiary/aromatic N) is 5. The van der Waals surface area contributed by atoms with Crippen molar-refractivity contribution in [3.05, 3.63) is 41.7 Å². The van der Waals surface area contributed by atoms with Crippen molar-refractivity contribution in [1.29, 1.82) is 0 Å². The molecule has 3 aromatic rings. The van der Waals surface area contributed by atoms with Crippen molar-refractivity contribution in [2.24, 2.45) is 0 Å². The minimum Gasteiger partial charge on any atom is -0.458 e. The van der Waals surface area contributed by atoms with Gasteiger partial charge in [0.15, 0.2) is 17.0 Å². The van der Waals surface area contributed by atoms with Crippen LogP contribution in [0.3, 0.4) is 0 Å². The highest BCUT2D eigenvalue weighted by molar-refractivity contribution is 5.97. The second kappa shape index (κ2) is 12.3. The molecule has 2 heterocycles. The van der Waals surface area contributed by atoms with E-state index in [0.717, 1.165) is 0 Å². The van der Waals surface area contributed by atoms with Crippen LogP contribution in [0.4, 0.5) is 26.2 Å². The number of amides is 1. The molecule has 0 fully saturated rings. The number of fused-ring (bicyclic) bond motifs is 1. The second-order valence-corrected chi connectivity index (χ2v) is 11.9. The standard InChI is InChI=1S/C28H36F2N8O5/c1-26(2,3)42-23(40)18(12-28(29,30)24(41)43-27(4,5)6)35-22(39)15-8-10-17(11-9-15)38(7)14-16-13-33-21-19(34-16)20(31)36-25(32)37-21/h8-11,13,18H,12,14H2,1-7H3,(H,35,39)(H4,31,32,33,36,37). The lowest BCUT2D eigenvalue weighted by Crippen LogP contribution is -2.49. The molecular weight excluding hydrogens is 566 g/mol. The van der Waals surface area contributed by atoms with Crippen LogP contribution in [0.2, 0.25) is 0 Å². The van der Waals surface area contributed by atoms with Gasteiger partial charge < -0.3 is 31.2 Å². The number of carbonyl (C=O) groups is 3. The van der Waals surface area contributed by atoms with E-state index in [1.54, 1.807) is 40.0 Å². The Kier molecular flexibility index (Phi) is 9.37. The number of nitrogen functional groups attached to an aromatic ring is 2. The number of anilines is 3. The largest absolute Gasteiger partial charge is 0.458 e. The monoisotopic (exact) mass is 602 g/mol. The molecule has 0 aliphatic rings. The third-order valence-corrected chi connectivity index (χ3v) is 5.63. The van der Waals surface area contributed by atoms with Gasteiger partial charge in [0, 0.05) is 18.3 Å². The lowest BCUT2D eigenvalue weighted by atomic mass is 10.1. The van der Waals surface area contributed by atoms with Crippen molar-refractivity contribution in [3.8, 4) is 0 Å². The van der Waals surface area contributed by atoms with Crippen molar-refractivity contribution < 1.29 is 32.6 Å². The molecule has 0 saturated carbocycles. The molecular formula is C28H36F2N8O5. The van der Waals surface area contributed by atoms with Gasteiger partial charge in [0.1, 0.15) is 17.2 Å². The molecule has 1 atom stereocenters. The molecule has 43 heavy (non-hydrogen) atoms. The van der Waals surface area contributed by atoms with E-state index >= 15 is 0 Å². The first-order chi connectivity index (χ1) is 19.7. The van der Waals surface area contributed by atoms with Crippen LogP contribution in [0.1, 0.15) is 64.0 Å². The zero-order valence-corrected chi connectivity index (χ0v) is 25.1. The van der Waals surface area contributed by atoms with Crippen molar-refractivity contribution in [3.63, 3.8) is 0 Å². The smallest absolute Gasteiger partial charge is 0.377 e. The summed E-state index contributed by atoms with van der Waals surface area (Å²) in [6.45, 7) is 9.26. The number of benzene rings is 1. The van der Waals surface area contributed by atoms with Crippen LogP contribution in [-0.4, -0.2) is 68.0 Å². The SMILES string of the molecule is CN(Cc1cnc2nc(N)nc(N)c2n1)c1ccc(C(=O)NC(CC(F)(F)C(=O)OC(C)(C)C)C(=O)OC(C)(C)C)cc1. The van der Waals surface area contributed by atoms with Crippen molar-refractivity contribution in [1.82, 2.24) is 25.3 Å². The summed E-state index contributed by atoms with van der Waals surface area (Å²) in [6, 6.07) is 4.33. The van der Waals surface area contributed by atoms with E-state index in [2.05, 4.69) is 25.3 Å². The van der Waals surface area contributed by atoms with Gasteiger partial charge >= 0.3 is 17.9 Å². The second-order valence-electron chi connectivity index (χ2n) is 11.9. The van der Waals surface area contributed by atoms with Gasteiger partial charge in [-0.05, 0) is 65.8 Å². The van der Waals surface area contributed by atoms with E-state index in [1.165, 1.54) is 39.1 Å². The predicted molar refractivity (Wildman–Crippen MR) is 155 cm³/mol. The fourth-order valence-corrected chi connectivity index (χ4v) is 3.76. The van der Waals surface area contributed by atoms with Crippen LogP contribution in [-0.2, 0) is 25.6 Å². The summed E-state index contributed by atoms with van der Waals surface area (Å²) in [7, 11) is 1.78. The number of esters is 2. The van der Waals surface area contributed by atoms with Gasteiger partial charge in [-0.2, -0.15) is 18.7 Å². The molecule has 5 N–H and O–H groups in total. The van der Waals surface area contributed by atoms with Gasteiger partial charge in [0.05, 0.1) is 24.9 Å². The Morgan fingerprint density at radius 3 is 2.14 bits per heavy atom. The van der Waals surface area contributed by atoms with Gasteiger partial charge in [-0.3, -0.25) is 4.79 Å². The van der Waals surface area contributed by atoms with E-state index in [1.807, 2.05) is 4.90 Å². The van der Waals surface area contributed by atoms with Gasteiger partial charge in [0.25, 0.3) is 5.91 Å². The molecule has 0 saturated heterocycles. The van der Waals surface area contributed by atoms with Crippen LogP contribution in [0.15, 0.2) is 30.5 Å². The fourth-order valence-electron chi connectivity index (χ4n) is 3.76. The number of halogens is 2. The summed E-state index contributed by atoms with van der Waals surface area (Å²) in [5.41, 5.74) is 11.2. The summed E-state index contributed by atoms with van der Waals surface area (Å²) in [5.74, 6) is -7.74. The number of nitrogens with two attached hydrogens (primary N) is 2. The summed E-state index contributed by atoms with van der Waals surface area (Å²) in [6.07, 6.45) is 0.175. The van der Waals surface area contributed by atoms with Crippen LogP contribution >= 0.6 is 0 Å². The fraction of sp³-hybridized carbons (Fsp3) is 0.464. The number of hydrogen-bond acceptors (Lipinski definition) is 12. The first-order valence-electron chi connectivity index (χ1n) is 13.2. The highest BCUT2D eigenvalue weighted by Crippen LogP contribution is 2.27. The van der Waals surface area contributed by atoms with Gasteiger partial charge in [-0.15, -0.1) is 0 Å². The molecule has 0 aliphatic heterocycles. The zero-order chi connectivity index (χ0) is 32.3. The quantitative estimate of drug-likeness (QED) is 0.304. The van der Waals surface area contributed by atoms with E-state index in [0.29, 0.717) is 23.4 Å². The average Bonchev–Trinajstić information content (AvgIpc) is 2.86. The molecule has 1 unspecified atom stereocenters. The molecule has 15 heteroatoms. The molecule has 0 aliphatic carbocycles. The van der Waals surface area contributed by atoms with Crippen LogP contribution in [0.5, 0.6) is 0 Å². The topological polar surface area (TPSA) is 189 Å². The number of rotatable bonds is 9. The minimum atomic E-state index is -4.08. The molecule has 2 aromatic heterocycles. The number of ether oxygens (including phenoxy) is 2. The Morgan fingerprint density at radius 1 is 0.953 bits per heavy atom. The van der Waals surface area contributed by atoms with Crippen molar-refractivity contribution in [2.45, 2.75) is 77.7 Å². The lowest BCUT2D eigenvalue weighted by Gasteiger charge is -2.28. The number of alkyl halides is 2. The van der Waals surface area contributed by atoms with Crippen molar-refractivity contribution >= 4 is 46.5 Å². The number of nitrogens with one attached hydrogen (secondary N) is 1. The van der Waals surface area contributed by atoms with Crippen molar-refractivity contribution in [2.75, 3.05) is 23.4 Å². The molecule has 0 bridgehead atoms. The van der Waals surface area contributed by atoms with E-state index in [4.69, 9.17) is 20.9 Å². The average molecular weight is 603 g/mol. The van der Waals surface area contributed by atoms with E-state index < -0.39 is 47.4 Å². The van der Waals surface area contributed by atoms with Crippen LogP contribution in [0.25, 0.3) is 11.2 Å². The summed E-state index contributed by atoms with van der Waals surface area (Å²) in [5, 5.41) is 2.28.